The molecule has 1 aliphatic rings. The first-order chi connectivity index (χ1) is 21.0. The van der Waals surface area contributed by atoms with Crippen molar-refractivity contribution < 1.29 is 9.59 Å². The van der Waals surface area contributed by atoms with Gasteiger partial charge in [0.1, 0.15) is 5.01 Å². The Balaban J connectivity index is 0.000000569. The molecule has 0 aromatic carbocycles. The largest absolute Gasteiger partial charge is 0.404 e. The number of aromatic nitrogens is 2. The summed E-state index contributed by atoms with van der Waals surface area (Å²) in [5, 5.41) is 6.14. The number of anilines is 1. The lowest BCUT2D eigenvalue weighted by Crippen LogP contribution is -2.24. The van der Waals surface area contributed by atoms with E-state index in [2.05, 4.69) is 53.5 Å². The highest BCUT2D eigenvalue weighted by Gasteiger charge is 2.35. The lowest BCUT2D eigenvalue weighted by Gasteiger charge is -2.16. The minimum absolute atomic E-state index is 0.236. The van der Waals surface area contributed by atoms with E-state index in [0.29, 0.717) is 28.5 Å². The number of nitrogens with zero attached hydrogens (tertiary/aromatic N) is 3. The van der Waals surface area contributed by atoms with Gasteiger partial charge in [-0.25, -0.2) is 4.98 Å². The number of nitrogens with two attached hydrogens (primary N) is 1. The number of nitrogens with one attached hydrogen (secondary N) is 2. The van der Waals surface area contributed by atoms with E-state index in [1.165, 1.54) is 68.7 Å². The zero-order valence-electron chi connectivity index (χ0n) is 28.2. The van der Waals surface area contributed by atoms with Crippen LogP contribution >= 0.6 is 11.3 Å². The highest BCUT2D eigenvalue weighted by molar-refractivity contribution is 7.14. The molecule has 1 fully saturated rings. The van der Waals surface area contributed by atoms with Crippen LogP contribution in [0.1, 0.15) is 118 Å². The lowest BCUT2D eigenvalue weighted by molar-refractivity contribution is -0.111. The number of aryl methyl sites for hydroxylation is 1. The Hall–Kier alpha value is -3.46. The summed E-state index contributed by atoms with van der Waals surface area (Å²) in [6.07, 6.45) is 20.6. The quantitative estimate of drug-likeness (QED) is 0.106. The van der Waals surface area contributed by atoms with Gasteiger partial charge in [0.05, 0.1) is 27.4 Å². The van der Waals surface area contributed by atoms with Gasteiger partial charge in [0.15, 0.2) is 0 Å². The number of rotatable bonds is 15. The van der Waals surface area contributed by atoms with E-state index in [4.69, 9.17) is 5.73 Å². The summed E-state index contributed by atoms with van der Waals surface area (Å²) < 4.78 is 0. The molecule has 0 spiro atoms. The van der Waals surface area contributed by atoms with Gasteiger partial charge in [-0.2, -0.15) is 0 Å². The van der Waals surface area contributed by atoms with Crippen molar-refractivity contribution in [2.24, 2.45) is 11.1 Å². The van der Waals surface area contributed by atoms with Crippen LogP contribution in [0.4, 0.5) is 5.69 Å². The number of allylic oxidation sites excluding steroid dienone is 4. The summed E-state index contributed by atoms with van der Waals surface area (Å²) >= 11 is 1.39. The molecule has 1 saturated carbocycles. The lowest BCUT2D eigenvalue weighted by atomic mass is 10.0. The molecule has 242 valence electrons. The third kappa shape index (κ3) is 11.6. The van der Waals surface area contributed by atoms with Crippen molar-refractivity contribution in [1.82, 2.24) is 20.2 Å². The number of unbranched alkanes of at least 4 members (excludes halogenated alkanes) is 3. The van der Waals surface area contributed by atoms with Crippen LogP contribution in [0.15, 0.2) is 42.5 Å². The van der Waals surface area contributed by atoms with Gasteiger partial charge >= 0.3 is 0 Å². The third-order valence-electron chi connectivity index (χ3n) is 7.86. The second-order valence-electron chi connectivity index (χ2n) is 12.0. The molecule has 0 atom stereocenters. The Morgan fingerprint density at radius 3 is 2.41 bits per heavy atom. The molecular weight excluding hydrogens is 568 g/mol. The average Bonchev–Trinajstić information content (AvgIpc) is 3.55. The zero-order chi connectivity index (χ0) is 32.7. The normalized spacial score (nSPS) is 14.4. The van der Waals surface area contributed by atoms with E-state index >= 15 is 0 Å². The first-order valence-electron chi connectivity index (χ1n) is 16.0. The first-order valence-corrected chi connectivity index (χ1v) is 16.8. The number of thiazole rings is 1. The molecule has 2 aromatic heterocycles. The van der Waals surface area contributed by atoms with E-state index in [1.807, 2.05) is 32.8 Å². The second kappa shape index (κ2) is 18.4. The van der Waals surface area contributed by atoms with Crippen molar-refractivity contribution >= 4 is 40.0 Å². The van der Waals surface area contributed by atoms with Crippen LogP contribution in [0.25, 0.3) is 11.1 Å². The van der Waals surface area contributed by atoms with Gasteiger partial charge in [0.2, 0.25) is 0 Å². The zero-order valence-corrected chi connectivity index (χ0v) is 29.0. The Morgan fingerprint density at radius 1 is 1.09 bits per heavy atom. The standard InChI is InChI=1S/C25H34N6O2S.C10H20/c1-7-9-10-19(17(4)31(5)6)22-15-29-25(34-22)20(13-26)24(33)30-21-12-18(14-28-16(21)3)23(32)27-11-8-2;1-3-4-5-6-7-10(2)8-9-10/h9-10,12-15H,7-8,11,26H2,1-6H3,(H,27,32)(H,30,33);3-9H2,1-2H3/b10-9+,19-17+,20-13-;. The number of hydrogen-bond acceptors (Lipinski definition) is 7. The molecule has 3 rings (SSSR count). The van der Waals surface area contributed by atoms with Crippen molar-refractivity contribution in [3.63, 3.8) is 0 Å². The molecule has 8 nitrogen and oxygen atoms in total. The van der Waals surface area contributed by atoms with Gasteiger partial charge in [-0.3, -0.25) is 14.6 Å². The predicted molar refractivity (Wildman–Crippen MR) is 186 cm³/mol. The van der Waals surface area contributed by atoms with Crippen LogP contribution in [0.3, 0.4) is 0 Å². The van der Waals surface area contributed by atoms with Gasteiger partial charge in [-0.15, -0.1) is 11.3 Å². The third-order valence-corrected chi connectivity index (χ3v) is 8.93. The minimum atomic E-state index is -0.418. The van der Waals surface area contributed by atoms with E-state index < -0.39 is 5.91 Å². The topological polar surface area (TPSA) is 113 Å². The predicted octanol–water partition coefficient (Wildman–Crippen LogP) is 7.94. The van der Waals surface area contributed by atoms with Gasteiger partial charge in [-0.1, -0.05) is 65.5 Å². The molecular formula is C35H54N6O2S. The first kappa shape index (κ1) is 36.7. The number of carbonyl (C=O) groups is 2. The number of pyridine rings is 1. The van der Waals surface area contributed by atoms with Crippen molar-refractivity contribution in [1.29, 1.82) is 0 Å². The monoisotopic (exact) mass is 622 g/mol. The molecule has 9 heteroatoms. The summed E-state index contributed by atoms with van der Waals surface area (Å²) in [5.41, 5.74) is 10.4. The van der Waals surface area contributed by atoms with Gasteiger partial charge < -0.3 is 21.3 Å². The highest BCUT2D eigenvalue weighted by atomic mass is 32.1. The van der Waals surface area contributed by atoms with Crippen LogP contribution in [0.2, 0.25) is 0 Å². The molecule has 1 aliphatic carbocycles. The Labute approximate surface area is 269 Å². The van der Waals surface area contributed by atoms with Crippen molar-refractivity contribution in [2.75, 3.05) is 26.0 Å². The molecule has 4 N–H and O–H groups in total. The van der Waals surface area contributed by atoms with Gasteiger partial charge in [0, 0.05) is 50.5 Å². The molecule has 0 aliphatic heterocycles. The fourth-order valence-corrected chi connectivity index (χ4v) is 5.40. The van der Waals surface area contributed by atoms with Crippen LogP contribution in [0, 0.1) is 12.3 Å². The van der Waals surface area contributed by atoms with Crippen molar-refractivity contribution in [3.05, 3.63) is 63.7 Å². The Bertz CT molecular complexity index is 1320. The maximum Gasteiger partial charge on any atom is 0.260 e. The van der Waals surface area contributed by atoms with Crippen molar-refractivity contribution in [2.45, 2.75) is 99.3 Å². The summed E-state index contributed by atoms with van der Waals surface area (Å²) in [5.74, 6) is -0.655. The molecule has 0 unspecified atom stereocenters. The maximum atomic E-state index is 13.1. The van der Waals surface area contributed by atoms with E-state index in [0.717, 1.165) is 34.4 Å². The fourth-order valence-electron chi connectivity index (χ4n) is 4.38. The average molecular weight is 623 g/mol. The molecule has 2 aromatic rings. The Morgan fingerprint density at radius 2 is 1.82 bits per heavy atom. The van der Waals surface area contributed by atoms with Gasteiger partial charge in [0.25, 0.3) is 11.8 Å². The SMILES string of the molecule is CC/C=C/C(=C(/C)N(C)C)c1cnc(/C(=C\N)C(=O)Nc2cc(C(=O)NCCC)cnc2C)s1.CCCCCCC1(C)CC1. The molecule has 2 amide bonds. The summed E-state index contributed by atoms with van der Waals surface area (Å²) in [6.45, 7) is 13.1. The van der Waals surface area contributed by atoms with Crippen LogP contribution in [0.5, 0.6) is 0 Å². The Kier molecular flexibility index (Phi) is 15.3. The summed E-state index contributed by atoms with van der Waals surface area (Å²) in [6, 6.07) is 1.61. The van der Waals surface area contributed by atoms with Crippen LogP contribution in [-0.4, -0.2) is 47.3 Å². The smallest absolute Gasteiger partial charge is 0.260 e. The number of amides is 2. The number of carbonyl (C=O) groups excluding carboxylic acids is 2. The van der Waals surface area contributed by atoms with Gasteiger partial charge in [-0.05, 0) is 57.4 Å². The molecule has 0 saturated heterocycles. The second-order valence-corrected chi connectivity index (χ2v) is 13.0. The molecule has 2 heterocycles. The molecule has 44 heavy (non-hydrogen) atoms. The highest BCUT2D eigenvalue weighted by Crippen LogP contribution is 2.49. The molecule has 0 radical (unpaired) electrons. The number of hydrogen-bond donors (Lipinski definition) is 3. The maximum absolute atomic E-state index is 13.1. The summed E-state index contributed by atoms with van der Waals surface area (Å²) in [7, 11) is 3.98. The summed E-state index contributed by atoms with van der Waals surface area (Å²) in [4.78, 5) is 37.1. The fraction of sp³-hybridized carbons (Fsp3) is 0.543. The van der Waals surface area contributed by atoms with Crippen molar-refractivity contribution in [3.8, 4) is 0 Å². The molecule has 0 bridgehead atoms. The van der Waals surface area contributed by atoms with E-state index in [-0.39, 0.29) is 11.5 Å². The van der Waals surface area contributed by atoms with E-state index in [1.54, 1.807) is 19.2 Å². The van der Waals surface area contributed by atoms with Crippen LogP contribution in [-0.2, 0) is 4.79 Å². The van der Waals surface area contributed by atoms with E-state index in [9.17, 15) is 9.59 Å². The van der Waals surface area contributed by atoms with Crippen LogP contribution < -0.4 is 16.4 Å². The minimum Gasteiger partial charge on any atom is -0.404 e.